The van der Waals surface area contributed by atoms with Gasteiger partial charge in [-0.2, -0.15) is 18.3 Å². The minimum absolute atomic E-state index is 0.0856. The lowest BCUT2D eigenvalue weighted by Crippen LogP contribution is -2.09. The number of hydrogen-bond acceptors (Lipinski definition) is 5. The highest BCUT2D eigenvalue weighted by atomic mass is 19.4. The van der Waals surface area contributed by atoms with E-state index < -0.39 is 11.9 Å². The molecular formula is C29H30F3N5O2. The van der Waals surface area contributed by atoms with Crippen LogP contribution in [0.3, 0.4) is 0 Å². The van der Waals surface area contributed by atoms with Gasteiger partial charge in [-0.15, -0.1) is 6.42 Å². The summed E-state index contributed by atoms with van der Waals surface area (Å²) in [7, 11) is 0. The van der Waals surface area contributed by atoms with Crippen LogP contribution in [0, 0.1) is 12.3 Å². The number of aromatic nitrogens is 5. The van der Waals surface area contributed by atoms with Gasteiger partial charge in [0.2, 0.25) is 0 Å². The summed E-state index contributed by atoms with van der Waals surface area (Å²) in [4.78, 5) is 21.7. The fraction of sp³-hybridized carbons (Fsp3) is 0.379. The maximum absolute atomic E-state index is 13.7. The van der Waals surface area contributed by atoms with E-state index in [9.17, 15) is 18.0 Å². The van der Waals surface area contributed by atoms with Crippen molar-refractivity contribution in [3.8, 4) is 23.6 Å². The van der Waals surface area contributed by atoms with Gasteiger partial charge in [-0.3, -0.25) is 18.9 Å². The molecular weight excluding hydrogens is 507 g/mol. The number of Topliss-reactive ketones (excluding diaryl/α,β-unsaturated/α-hetero) is 1. The molecule has 0 saturated heterocycles. The fourth-order valence-electron chi connectivity index (χ4n) is 4.52. The van der Waals surface area contributed by atoms with Gasteiger partial charge in [0.1, 0.15) is 6.54 Å². The van der Waals surface area contributed by atoms with Crippen molar-refractivity contribution in [2.24, 2.45) is 0 Å². The molecule has 0 aliphatic rings. The lowest BCUT2D eigenvalue weighted by molar-refractivity contribution is -0.141. The molecule has 0 bridgehead atoms. The van der Waals surface area contributed by atoms with Crippen LogP contribution in [0.1, 0.15) is 66.0 Å². The van der Waals surface area contributed by atoms with Gasteiger partial charge in [0, 0.05) is 50.2 Å². The van der Waals surface area contributed by atoms with Crippen molar-refractivity contribution in [2.45, 2.75) is 58.7 Å². The molecule has 1 aromatic carbocycles. The summed E-state index contributed by atoms with van der Waals surface area (Å²) in [5.74, 6) is 2.39. The van der Waals surface area contributed by atoms with Crippen LogP contribution in [0.5, 0.6) is 0 Å². The molecule has 4 rings (SSSR count). The first-order valence-corrected chi connectivity index (χ1v) is 12.9. The van der Waals surface area contributed by atoms with Gasteiger partial charge in [0.25, 0.3) is 0 Å². The van der Waals surface area contributed by atoms with E-state index in [1.165, 1.54) is 18.6 Å². The molecule has 0 radical (unpaired) electrons. The number of carbonyl (C=O) groups excluding carboxylic acids is 1. The number of ether oxygens (including phenoxy) is 1. The Morgan fingerprint density at radius 1 is 1.18 bits per heavy atom. The zero-order valence-electron chi connectivity index (χ0n) is 22.0. The fourth-order valence-corrected chi connectivity index (χ4v) is 4.52. The Balaban J connectivity index is 1.60. The zero-order chi connectivity index (χ0) is 28.0. The summed E-state index contributed by atoms with van der Waals surface area (Å²) in [5, 5.41) is 3.66. The zero-order valence-corrected chi connectivity index (χ0v) is 22.0. The van der Waals surface area contributed by atoms with E-state index in [1.54, 1.807) is 10.6 Å². The number of aryl methyl sites for hydroxylation is 1. The number of rotatable bonds is 12. The maximum atomic E-state index is 13.7. The van der Waals surface area contributed by atoms with Crippen LogP contribution < -0.4 is 0 Å². The predicted molar refractivity (Wildman–Crippen MR) is 141 cm³/mol. The van der Waals surface area contributed by atoms with E-state index in [1.807, 2.05) is 32.0 Å². The average Bonchev–Trinajstić information content (AvgIpc) is 3.53. The lowest BCUT2D eigenvalue weighted by Gasteiger charge is -2.11. The van der Waals surface area contributed by atoms with Crippen LogP contribution in [0.25, 0.3) is 16.9 Å². The number of terminal acetylenes is 1. The topological polar surface area (TPSA) is 74.3 Å². The number of benzene rings is 1. The van der Waals surface area contributed by atoms with Gasteiger partial charge in [-0.05, 0) is 30.4 Å². The summed E-state index contributed by atoms with van der Waals surface area (Å²) >= 11 is 0. The van der Waals surface area contributed by atoms with Gasteiger partial charge in [0.05, 0.1) is 23.1 Å². The van der Waals surface area contributed by atoms with Crippen molar-refractivity contribution in [1.29, 1.82) is 0 Å². The molecule has 3 heterocycles. The first kappa shape index (κ1) is 28.0. The smallest absolute Gasteiger partial charge is 0.381 e. The van der Waals surface area contributed by atoms with Crippen LogP contribution in [0.15, 0.2) is 43.0 Å². The largest absolute Gasteiger partial charge is 0.435 e. The third kappa shape index (κ3) is 6.37. The second-order valence-electron chi connectivity index (χ2n) is 9.16. The quantitative estimate of drug-likeness (QED) is 0.130. The SMILES string of the molecule is C#CCn1cc(-c2cnc3c(Cc4ccc(C(=O)CCCOCCC)c(CC)c4)nccn23)c(C(F)(F)F)n1. The highest BCUT2D eigenvalue weighted by Crippen LogP contribution is 2.36. The molecule has 10 heteroatoms. The standard InChI is InChI=1S/C29H30F3N5O2/c1-4-12-36-19-23(27(35-36)29(30,31)32)25-18-34-28-24(33-11-13-37(25)28)17-20-9-10-22(21(6-3)16-20)26(38)8-7-15-39-14-5-2/h1,9-11,13,16,18-19H,5-8,12,14-15,17H2,2-3H3. The van der Waals surface area contributed by atoms with Crippen molar-refractivity contribution >= 4 is 11.4 Å². The van der Waals surface area contributed by atoms with Crippen molar-refractivity contribution in [1.82, 2.24) is 24.1 Å². The molecule has 0 fully saturated rings. The third-order valence-corrected chi connectivity index (χ3v) is 6.32. The Labute approximate surface area is 225 Å². The third-order valence-electron chi connectivity index (χ3n) is 6.32. The molecule has 204 valence electrons. The summed E-state index contributed by atoms with van der Waals surface area (Å²) in [6.45, 7) is 5.22. The molecule has 7 nitrogen and oxygen atoms in total. The van der Waals surface area contributed by atoms with E-state index in [4.69, 9.17) is 11.2 Å². The van der Waals surface area contributed by atoms with Crippen LogP contribution >= 0.6 is 0 Å². The number of halogens is 3. The predicted octanol–water partition coefficient (Wildman–Crippen LogP) is 5.79. The van der Waals surface area contributed by atoms with E-state index in [2.05, 4.69) is 21.0 Å². The van der Waals surface area contributed by atoms with Gasteiger partial charge in [-0.1, -0.05) is 38.0 Å². The Bertz CT molecular complexity index is 1500. The van der Waals surface area contributed by atoms with Gasteiger partial charge >= 0.3 is 6.18 Å². The van der Waals surface area contributed by atoms with Crippen LogP contribution in [0.2, 0.25) is 0 Å². The minimum Gasteiger partial charge on any atom is -0.381 e. The van der Waals surface area contributed by atoms with Crippen LogP contribution in [0.4, 0.5) is 13.2 Å². The Hall–Kier alpha value is -3.97. The highest BCUT2D eigenvalue weighted by molar-refractivity contribution is 5.97. The minimum atomic E-state index is -4.66. The molecule has 0 unspecified atom stereocenters. The van der Waals surface area contributed by atoms with E-state index in [-0.39, 0.29) is 23.6 Å². The Kier molecular flexibility index (Phi) is 8.82. The summed E-state index contributed by atoms with van der Waals surface area (Å²) in [5.41, 5.74) is 2.72. The van der Waals surface area contributed by atoms with E-state index in [0.717, 1.165) is 22.2 Å². The number of hydrogen-bond donors (Lipinski definition) is 0. The van der Waals surface area contributed by atoms with Gasteiger partial charge < -0.3 is 4.74 Å². The first-order chi connectivity index (χ1) is 18.8. The van der Waals surface area contributed by atoms with Gasteiger partial charge in [-0.25, -0.2) is 4.98 Å². The Morgan fingerprint density at radius 3 is 2.72 bits per heavy atom. The van der Waals surface area contributed by atoms with Crippen molar-refractivity contribution in [3.63, 3.8) is 0 Å². The number of ketones is 1. The summed E-state index contributed by atoms with van der Waals surface area (Å²) < 4.78 is 49.4. The monoisotopic (exact) mass is 537 g/mol. The molecule has 0 saturated carbocycles. The molecule has 0 spiro atoms. The average molecular weight is 538 g/mol. The lowest BCUT2D eigenvalue weighted by atomic mass is 9.95. The molecule has 39 heavy (non-hydrogen) atoms. The van der Waals surface area contributed by atoms with Crippen molar-refractivity contribution in [2.75, 3.05) is 13.2 Å². The molecule has 0 aliphatic carbocycles. The van der Waals surface area contributed by atoms with Crippen molar-refractivity contribution in [3.05, 3.63) is 71.1 Å². The van der Waals surface area contributed by atoms with Gasteiger partial charge in [0.15, 0.2) is 17.1 Å². The van der Waals surface area contributed by atoms with Crippen molar-refractivity contribution < 1.29 is 22.7 Å². The molecule has 0 N–H and O–H groups in total. The van der Waals surface area contributed by atoms with Crippen LogP contribution in [-0.2, 0) is 30.3 Å². The maximum Gasteiger partial charge on any atom is 0.435 e. The number of imidazole rings is 1. The summed E-state index contributed by atoms with van der Waals surface area (Å²) in [6, 6.07) is 5.72. The number of nitrogens with zero attached hydrogens (tertiary/aromatic N) is 5. The molecule has 0 amide bonds. The van der Waals surface area contributed by atoms with E-state index >= 15 is 0 Å². The Morgan fingerprint density at radius 2 is 2.00 bits per heavy atom. The molecule has 4 aromatic rings. The molecule has 0 atom stereocenters. The second kappa shape index (κ2) is 12.3. The number of alkyl halides is 3. The van der Waals surface area contributed by atoms with Crippen LogP contribution in [-0.4, -0.2) is 43.1 Å². The molecule has 3 aromatic heterocycles. The summed E-state index contributed by atoms with van der Waals surface area (Å²) in [6.07, 6.45) is 9.52. The normalized spacial score (nSPS) is 11.7. The first-order valence-electron chi connectivity index (χ1n) is 12.9. The number of fused-ring (bicyclic) bond motifs is 1. The van der Waals surface area contributed by atoms with E-state index in [0.29, 0.717) is 55.8 Å². The second-order valence-corrected chi connectivity index (χ2v) is 9.16. The highest BCUT2D eigenvalue weighted by Gasteiger charge is 2.38. The molecule has 0 aliphatic heterocycles. The number of carbonyl (C=O) groups is 1.